The number of benzene rings is 7. The Balaban J connectivity index is 1.25. The molecule has 0 saturated heterocycles. The van der Waals surface area contributed by atoms with Crippen molar-refractivity contribution >= 4 is 55.4 Å². The Morgan fingerprint density at radius 1 is 0.480 bits per heavy atom. The average molecular weight is 643 g/mol. The van der Waals surface area contributed by atoms with E-state index < -0.39 is 6.17 Å². The van der Waals surface area contributed by atoms with Gasteiger partial charge < -0.3 is 14.3 Å². The summed E-state index contributed by atoms with van der Waals surface area (Å²) >= 11 is 0. The third-order valence-electron chi connectivity index (χ3n) is 9.62. The van der Waals surface area contributed by atoms with Gasteiger partial charge in [-0.3, -0.25) is 0 Å². The SMILES string of the molecule is c1ccc(C2=NC(c3cc(-c4ccccc4)c4oc5cc6c(cc5c4c3)c3ccccc3n6-c3ccccc3)N=C(c3ccccc3)N2)cc1. The van der Waals surface area contributed by atoms with E-state index in [0.717, 1.165) is 78.1 Å². The quantitative estimate of drug-likeness (QED) is 0.203. The first kappa shape index (κ1) is 28.3. The Labute approximate surface area is 288 Å². The number of fused-ring (bicyclic) bond motifs is 6. The zero-order chi connectivity index (χ0) is 33.0. The molecule has 0 saturated carbocycles. The van der Waals surface area contributed by atoms with Crippen molar-refractivity contribution in [2.75, 3.05) is 0 Å². The van der Waals surface area contributed by atoms with E-state index >= 15 is 0 Å². The molecular weight excluding hydrogens is 613 g/mol. The number of hydrogen-bond donors (Lipinski definition) is 1. The first-order valence-corrected chi connectivity index (χ1v) is 16.9. The molecule has 0 spiro atoms. The minimum atomic E-state index is -0.470. The zero-order valence-corrected chi connectivity index (χ0v) is 27.0. The summed E-state index contributed by atoms with van der Waals surface area (Å²) in [5, 5.41) is 8.02. The first-order chi connectivity index (χ1) is 24.8. The van der Waals surface area contributed by atoms with E-state index in [1.165, 1.54) is 10.8 Å². The summed E-state index contributed by atoms with van der Waals surface area (Å²) in [5.41, 5.74) is 10.2. The number of aliphatic imine (C=N–C) groups is 2. The van der Waals surface area contributed by atoms with E-state index in [0.29, 0.717) is 0 Å². The van der Waals surface area contributed by atoms with Crippen LogP contribution in [-0.2, 0) is 0 Å². The van der Waals surface area contributed by atoms with Crippen molar-refractivity contribution in [3.05, 3.63) is 187 Å². The summed E-state index contributed by atoms with van der Waals surface area (Å²) in [7, 11) is 0. The maximum absolute atomic E-state index is 6.86. The summed E-state index contributed by atoms with van der Waals surface area (Å²) in [6.45, 7) is 0. The number of nitrogens with one attached hydrogen (secondary N) is 1. The smallest absolute Gasteiger partial charge is 0.169 e. The normalized spacial score (nSPS) is 13.5. The van der Waals surface area contributed by atoms with Crippen LogP contribution in [0.3, 0.4) is 0 Å². The molecular formula is C45H30N4O. The van der Waals surface area contributed by atoms with Crippen LogP contribution in [0, 0.1) is 0 Å². The summed E-state index contributed by atoms with van der Waals surface area (Å²) < 4.78 is 9.19. The van der Waals surface area contributed by atoms with Gasteiger partial charge in [0.2, 0.25) is 0 Å². The molecule has 0 amide bonds. The van der Waals surface area contributed by atoms with Crippen molar-refractivity contribution in [3.63, 3.8) is 0 Å². The van der Waals surface area contributed by atoms with Gasteiger partial charge in [0.15, 0.2) is 6.17 Å². The van der Waals surface area contributed by atoms with Crippen LogP contribution in [0.4, 0.5) is 0 Å². The van der Waals surface area contributed by atoms with Crippen LogP contribution in [0.1, 0.15) is 22.9 Å². The van der Waals surface area contributed by atoms with Crippen LogP contribution in [0.25, 0.3) is 60.6 Å². The fraction of sp³-hybridized carbons (Fsp3) is 0.0222. The second-order valence-corrected chi connectivity index (χ2v) is 12.7. The first-order valence-electron chi connectivity index (χ1n) is 16.9. The van der Waals surface area contributed by atoms with Gasteiger partial charge in [-0.15, -0.1) is 0 Å². The van der Waals surface area contributed by atoms with Crippen molar-refractivity contribution in [2.24, 2.45) is 9.98 Å². The summed E-state index contributed by atoms with van der Waals surface area (Å²) in [5.74, 6) is 1.58. The van der Waals surface area contributed by atoms with Crippen molar-refractivity contribution in [1.29, 1.82) is 0 Å². The van der Waals surface area contributed by atoms with Gasteiger partial charge in [0, 0.05) is 50.0 Å². The highest BCUT2D eigenvalue weighted by Crippen LogP contribution is 2.43. The fourth-order valence-corrected chi connectivity index (χ4v) is 7.28. The molecule has 0 unspecified atom stereocenters. The molecule has 7 aromatic carbocycles. The van der Waals surface area contributed by atoms with Crippen molar-refractivity contribution in [2.45, 2.75) is 6.17 Å². The molecule has 0 atom stereocenters. The van der Waals surface area contributed by atoms with E-state index in [1.807, 2.05) is 42.5 Å². The fourth-order valence-electron chi connectivity index (χ4n) is 7.28. The Morgan fingerprint density at radius 2 is 1.06 bits per heavy atom. The maximum Gasteiger partial charge on any atom is 0.169 e. The van der Waals surface area contributed by atoms with Crippen LogP contribution in [0.2, 0.25) is 0 Å². The molecule has 5 nitrogen and oxygen atoms in total. The van der Waals surface area contributed by atoms with Crippen molar-refractivity contribution < 1.29 is 4.42 Å². The number of amidine groups is 2. The van der Waals surface area contributed by atoms with Gasteiger partial charge in [-0.1, -0.05) is 127 Å². The molecule has 236 valence electrons. The lowest BCUT2D eigenvalue weighted by molar-refractivity contribution is 0.669. The van der Waals surface area contributed by atoms with Crippen LogP contribution in [-0.4, -0.2) is 16.2 Å². The molecule has 1 aliphatic heterocycles. The molecule has 0 radical (unpaired) electrons. The molecule has 50 heavy (non-hydrogen) atoms. The highest BCUT2D eigenvalue weighted by molar-refractivity contribution is 6.19. The van der Waals surface area contributed by atoms with Gasteiger partial charge in [0.25, 0.3) is 0 Å². The van der Waals surface area contributed by atoms with Gasteiger partial charge in [-0.05, 0) is 47.5 Å². The lowest BCUT2D eigenvalue weighted by Crippen LogP contribution is -2.36. The Hall–Kier alpha value is -6.72. The average Bonchev–Trinajstić information content (AvgIpc) is 3.72. The summed E-state index contributed by atoms with van der Waals surface area (Å²) in [6, 6.07) is 59.1. The van der Waals surface area contributed by atoms with Crippen LogP contribution in [0.5, 0.6) is 0 Å². The molecule has 2 aromatic heterocycles. The lowest BCUT2D eigenvalue weighted by Gasteiger charge is -2.23. The molecule has 1 aliphatic rings. The van der Waals surface area contributed by atoms with Gasteiger partial charge >= 0.3 is 0 Å². The number of hydrogen-bond acceptors (Lipinski definition) is 4. The highest BCUT2D eigenvalue weighted by atomic mass is 16.3. The minimum Gasteiger partial charge on any atom is -0.455 e. The van der Waals surface area contributed by atoms with E-state index in [9.17, 15) is 0 Å². The van der Waals surface area contributed by atoms with E-state index in [-0.39, 0.29) is 0 Å². The number of furan rings is 1. The number of nitrogens with zero attached hydrogens (tertiary/aromatic N) is 3. The molecule has 0 aliphatic carbocycles. The second-order valence-electron chi connectivity index (χ2n) is 12.7. The molecule has 5 heteroatoms. The topological polar surface area (TPSA) is 54.8 Å². The third kappa shape index (κ3) is 4.63. The number of rotatable bonds is 5. The Morgan fingerprint density at radius 3 is 1.72 bits per heavy atom. The predicted octanol–water partition coefficient (Wildman–Crippen LogP) is 10.8. The van der Waals surface area contributed by atoms with Crippen LogP contribution < -0.4 is 5.32 Å². The van der Waals surface area contributed by atoms with Gasteiger partial charge in [0.1, 0.15) is 22.8 Å². The van der Waals surface area contributed by atoms with Gasteiger partial charge in [-0.25, -0.2) is 9.98 Å². The lowest BCUT2D eigenvalue weighted by atomic mass is 9.97. The van der Waals surface area contributed by atoms with Crippen molar-refractivity contribution in [1.82, 2.24) is 9.88 Å². The summed E-state index contributed by atoms with van der Waals surface area (Å²) in [4.78, 5) is 10.4. The zero-order valence-electron chi connectivity index (χ0n) is 27.0. The predicted molar refractivity (Wildman–Crippen MR) is 205 cm³/mol. The summed E-state index contributed by atoms with van der Waals surface area (Å²) in [6.07, 6.45) is -0.470. The monoisotopic (exact) mass is 642 g/mol. The Kier molecular flexibility index (Phi) is 6.49. The molecule has 0 fully saturated rings. The van der Waals surface area contributed by atoms with E-state index in [4.69, 9.17) is 14.4 Å². The standard InChI is InChI=1S/C45H30N4O/c1-5-15-29(16-6-1)35-25-32(45-47-43(30-17-7-2-8-18-30)46-44(48-45)31-19-9-3-10-20-31)26-38-37-27-36-34-23-13-14-24-39(34)49(33-21-11-4-12-22-33)40(36)28-41(37)50-42(35)38/h1-28,45H,(H,46,47,48). The molecule has 10 rings (SSSR count). The largest absolute Gasteiger partial charge is 0.455 e. The molecule has 1 N–H and O–H groups in total. The third-order valence-corrected chi connectivity index (χ3v) is 9.62. The number of para-hydroxylation sites is 2. The van der Waals surface area contributed by atoms with E-state index in [1.54, 1.807) is 0 Å². The van der Waals surface area contributed by atoms with Gasteiger partial charge in [0.05, 0.1) is 11.0 Å². The van der Waals surface area contributed by atoms with Crippen LogP contribution in [0.15, 0.2) is 184 Å². The molecule has 0 bridgehead atoms. The van der Waals surface area contributed by atoms with E-state index in [2.05, 4.69) is 137 Å². The molecule has 3 heterocycles. The van der Waals surface area contributed by atoms with Crippen LogP contribution >= 0.6 is 0 Å². The molecule has 9 aromatic rings. The maximum atomic E-state index is 6.86. The van der Waals surface area contributed by atoms with Crippen molar-refractivity contribution in [3.8, 4) is 16.8 Å². The second kappa shape index (κ2) is 11.5. The minimum absolute atomic E-state index is 0.470. The Bertz CT molecular complexity index is 2710. The van der Waals surface area contributed by atoms with Gasteiger partial charge in [-0.2, -0.15) is 0 Å². The number of aromatic nitrogens is 1. The highest BCUT2D eigenvalue weighted by Gasteiger charge is 2.24.